The van der Waals surface area contributed by atoms with Crippen molar-refractivity contribution in [1.82, 2.24) is 14.3 Å². The minimum Gasteiger partial charge on any atom is -0.481 e. The summed E-state index contributed by atoms with van der Waals surface area (Å²) >= 11 is 6.04. The van der Waals surface area contributed by atoms with Gasteiger partial charge in [0.15, 0.2) is 6.61 Å². The maximum Gasteiger partial charge on any atom is 0.340 e. The number of rotatable bonds is 10. The fourth-order valence-corrected chi connectivity index (χ4v) is 4.25. The van der Waals surface area contributed by atoms with Crippen LogP contribution in [0.2, 0.25) is 5.02 Å². The van der Waals surface area contributed by atoms with Crippen LogP contribution in [0.3, 0.4) is 0 Å². The summed E-state index contributed by atoms with van der Waals surface area (Å²) in [4.78, 5) is 32.3. The van der Waals surface area contributed by atoms with E-state index in [2.05, 4.69) is 15.3 Å². The van der Waals surface area contributed by atoms with Crippen LogP contribution in [-0.4, -0.2) is 68.5 Å². The monoisotopic (exact) mass is 486 g/mol. The average Bonchev–Trinajstić information content (AvgIpc) is 2.77. The highest BCUT2D eigenvalue weighted by molar-refractivity contribution is 7.89. The molecule has 0 aliphatic rings. The zero-order valence-corrected chi connectivity index (χ0v) is 19.5. The molecule has 2 rings (SSSR count). The molecule has 1 N–H and O–H groups in total. The molecule has 0 fully saturated rings. The fourth-order valence-electron chi connectivity index (χ4n) is 2.57. The van der Waals surface area contributed by atoms with Gasteiger partial charge >= 0.3 is 5.97 Å². The summed E-state index contributed by atoms with van der Waals surface area (Å²) in [7, 11) is -1.05. The number of carbonyl (C=O) groups is 2. The predicted octanol–water partition coefficient (Wildman–Crippen LogP) is 1.97. The topological polar surface area (TPSA) is 137 Å². The van der Waals surface area contributed by atoms with Crippen LogP contribution in [0.1, 0.15) is 24.2 Å². The maximum absolute atomic E-state index is 12.7. The standard InChI is InChI=1S/C19H23ClN4O7S/c1-5-24(6-2)32(27,28)12-7-8-14(20)13(9-12)18(26)31-11-15(25)21-19-22-16(29-3)10-17(23-19)30-4/h7-10H,5-6,11H2,1-4H3,(H,21,22,23,25). The van der Waals surface area contributed by atoms with Crippen molar-refractivity contribution in [2.24, 2.45) is 0 Å². The van der Waals surface area contributed by atoms with Crippen LogP contribution < -0.4 is 14.8 Å². The molecule has 1 heterocycles. The summed E-state index contributed by atoms with van der Waals surface area (Å²) in [6, 6.07) is 5.11. The van der Waals surface area contributed by atoms with Crippen molar-refractivity contribution in [3.63, 3.8) is 0 Å². The van der Waals surface area contributed by atoms with Gasteiger partial charge in [-0.25, -0.2) is 13.2 Å². The first-order valence-electron chi connectivity index (χ1n) is 9.39. The molecule has 1 amide bonds. The van der Waals surface area contributed by atoms with Gasteiger partial charge < -0.3 is 14.2 Å². The number of aromatic nitrogens is 2. The van der Waals surface area contributed by atoms with E-state index >= 15 is 0 Å². The molecule has 174 valence electrons. The van der Waals surface area contributed by atoms with E-state index in [0.29, 0.717) is 0 Å². The van der Waals surface area contributed by atoms with Gasteiger partial charge in [-0.3, -0.25) is 10.1 Å². The number of esters is 1. The number of methoxy groups -OCH3 is 2. The van der Waals surface area contributed by atoms with Gasteiger partial charge in [0.25, 0.3) is 5.91 Å². The summed E-state index contributed by atoms with van der Waals surface area (Å²) in [5.41, 5.74) is -0.188. The van der Waals surface area contributed by atoms with E-state index in [1.165, 1.54) is 36.7 Å². The first kappa shape index (κ1) is 25.3. The van der Waals surface area contributed by atoms with Crippen LogP contribution in [0.5, 0.6) is 11.8 Å². The first-order valence-corrected chi connectivity index (χ1v) is 11.2. The molecule has 1 aromatic carbocycles. The lowest BCUT2D eigenvalue weighted by Gasteiger charge is -2.19. The van der Waals surface area contributed by atoms with Crippen molar-refractivity contribution in [3.8, 4) is 11.8 Å². The summed E-state index contributed by atoms with van der Waals surface area (Å²) in [5.74, 6) is -1.51. The average molecular weight is 487 g/mol. The highest BCUT2D eigenvalue weighted by Gasteiger charge is 2.24. The van der Waals surface area contributed by atoms with Gasteiger partial charge in [-0.1, -0.05) is 25.4 Å². The highest BCUT2D eigenvalue weighted by Crippen LogP contribution is 2.24. The van der Waals surface area contributed by atoms with Crippen LogP contribution in [-0.2, 0) is 19.6 Å². The number of hydrogen-bond donors (Lipinski definition) is 1. The Bertz CT molecular complexity index is 1070. The predicted molar refractivity (Wildman–Crippen MR) is 116 cm³/mol. The lowest BCUT2D eigenvalue weighted by Crippen LogP contribution is -2.30. The summed E-state index contributed by atoms with van der Waals surface area (Å²) < 4.78 is 41.6. The van der Waals surface area contributed by atoms with Gasteiger partial charge in [-0.15, -0.1) is 0 Å². The quantitative estimate of drug-likeness (QED) is 0.499. The Hall–Kier alpha value is -2.96. The lowest BCUT2D eigenvalue weighted by atomic mass is 10.2. The minimum atomic E-state index is -3.81. The third kappa shape index (κ3) is 6.05. The smallest absolute Gasteiger partial charge is 0.340 e. The van der Waals surface area contributed by atoms with Crippen molar-refractivity contribution in [2.75, 3.05) is 39.2 Å². The van der Waals surface area contributed by atoms with Crippen LogP contribution in [0.25, 0.3) is 0 Å². The number of carbonyl (C=O) groups excluding carboxylic acids is 2. The molecule has 2 aromatic rings. The molecule has 0 unspecified atom stereocenters. The second-order valence-corrected chi connectivity index (χ2v) is 8.48. The van der Waals surface area contributed by atoms with Gasteiger partial charge in [0, 0.05) is 13.1 Å². The van der Waals surface area contributed by atoms with E-state index in [-0.39, 0.29) is 46.3 Å². The Balaban J connectivity index is 2.12. The number of benzene rings is 1. The number of ether oxygens (including phenoxy) is 3. The largest absolute Gasteiger partial charge is 0.481 e. The van der Waals surface area contributed by atoms with E-state index < -0.39 is 28.5 Å². The third-order valence-corrected chi connectivity index (χ3v) is 6.56. The molecule has 0 saturated carbocycles. The number of sulfonamides is 1. The molecule has 0 saturated heterocycles. The molecular formula is C19H23ClN4O7S. The van der Waals surface area contributed by atoms with Crippen molar-refractivity contribution in [2.45, 2.75) is 18.7 Å². The van der Waals surface area contributed by atoms with E-state index in [1.807, 2.05) is 0 Å². The van der Waals surface area contributed by atoms with E-state index in [4.69, 9.17) is 25.8 Å². The molecular weight excluding hydrogens is 464 g/mol. The molecule has 0 aliphatic heterocycles. The minimum absolute atomic E-state index is 0.0187. The second-order valence-electron chi connectivity index (χ2n) is 6.13. The van der Waals surface area contributed by atoms with Crippen molar-refractivity contribution >= 4 is 39.4 Å². The Morgan fingerprint density at radius 1 is 1.06 bits per heavy atom. The molecule has 32 heavy (non-hydrogen) atoms. The van der Waals surface area contributed by atoms with Gasteiger partial charge in [0.05, 0.1) is 35.8 Å². The normalized spacial score (nSPS) is 11.2. The molecule has 0 aliphatic carbocycles. The molecule has 0 atom stereocenters. The highest BCUT2D eigenvalue weighted by atomic mass is 35.5. The summed E-state index contributed by atoms with van der Waals surface area (Å²) in [6.07, 6.45) is 0. The van der Waals surface area contributed by atoms with Crippen molar-refractivity contribution in [3.05, 3.63) is 34.9 Å². The molecule has 11 nitrogen and oxygen atoms in total. The number of halogens is 1. The zero-order valence-electron chi connectivity index (χ0n) is 17.9. The maximum atomic E-state index is 12.7. The van der Waals surface area contributed by atoms with Gasteiger partial charge in [0.1, 0.15) is 0 Å². The summed E-state index contributed by atoms with van der Waals surface area (Å²) in [6.45, 7) is 3.24. The molecule has 13 heteroatoms. The van der Waals surface area contributed by atoms with E-state index in [1.54, 1.807) is 13.8 Å². The van der Waals surface area contributed by atoms with Crippen LogP contribution in [0, 0.1) is 0 Å². The second kappa shape index (κ2) is 11.1. The molecule has 0 bridgehead atoms. The number of nitrogens with zero attached hydrogens (tertiary/aromatic N) is 3. The Morgan fingerprint density at radius 3 is 2.19 bits per heavy atom. The Morgan fingerprint density at radius 2 is 1.66 bits per heavy atom. The number of amides is 1. The summed E-state index contributed by atoms with van der Waals surface area (Å²) in [5, 5.41) is 2.33. The molecule has 0 radical (unpaired) electrons. The SMILES string of the molecule is CCN(CC)S(=O)(=O)c1ccc(Cl)c(C(=O)OCC(=O)Nc2nc(OC)cc(OC)n2)c1. The van der Waals surface area contributed by atoms with Crippen LogP contribution in [0.4, 0.5) is 5.95 Å². The van der Waals surface area contributed by atoms with Crippen LogP contribution in [0.15, 0.2) is 29.2 Å². The van der Waals surface area contributed by atoms with Gasteiger partial charge in [-0.2, -0.15) is 14.3 Å². The molecule has 1 aromatic heterocycles. The lowest BCUT2D eigenvalue weighted by molar-refractivity contribution is -0.119. The zero-order chi connectivity index (χ0) is 23.9. The van der Waals surface area contributed by atoms with Crippen LogP contribution >= 0.6 is 11.6 Å². The van der Waals surface area contributed by atoms with E-state index in [9.17, 15) is 18.0 Å². The van der Waals surface area contributed by atoms with Crippen molar-refractivity contribution < 1.29 is 32.2 Å². The molecule has 0 spiro atoms. The van der Waals surface area contributed by atoms with Crippen molar-refractivity contribution in [1.29, 1.82) is 0 Å². The van der Waals surface area contributed by atoms with Gasteiger partial charge in [-0.05, 0) is 18.2 Å². The third-order valence-electron chi connectivity index (χ3n) is 4.18. The van der Waals surface area contributed by atoms with Gasteiger partial charge in [0.2, 0.25) is 27.7 Å². The number of nitrogens with one attached hydrogen (secondary N) is 1. The first-order chi connectivity index (χ1) is 15.2. The fraction of sp³-hybridized carbons (Fsp3) is 0.368. The number of anilines is 1. The van der Waals surface area contributed by atoms with E-state index in [0.717, 1.165) is 6.07 Å². The number of hydrogen-bond acceptors (Lipinski definition) is 9. The Kier molecular flexibility index (Phi) is 8.75. The Labute approximate surface area is 190 Å².